The van der Waals surface area contributed by atoms with E-state index in [9.17, 15) is 9.59 Å². The maximum atomic E-state index is 9.44. The van der Waals surface area contributed by atoms with Crippen LogP contribution < -0.4 is 0 Å². The molecule has 11 aromatic rings. The number of aryl methyl sites for hydroxylation is 10. The van der Waals surface area contributed by atoms with E-state index in [-0.39, 0.29) is 11.6 Å². The highest BCUT2D eigenvalue weighted by Crippen LogP contribution is 2.15. The first-order chi connectivity index (χ1) is 42.2. The van der Waals surface area contributed by atoms with Crippen molar-refractivity contribution >= 4 is 125 Å². The minimum Gasteiger partial charge on any atom is -0.314 e. The van der Waals surface area contributed by atoms with Gasteiger partial charge in [0.2, 0.25) is 0 Å². The lowest BCUT2D eigenvalue weighted by molar-refractivity contribution is -0.115. The van der Waals surface area contributed by atoms with Gasteiger partial charge in [0.25, 0.3) is 0 Å². The van der Waals surface area contributed by atoms with Gasteiger partial charge in [-0.15, -0.1) is 0 Å². The number of hydrogen-bond acceptors (Lipinski definition) is 12. The molecular formula is C66H72N20O2. The van der Waals surface area contributed by atoms with Crippen molar-refractivity contribution in [3.63, 3.8) is 0 Å². The Kier molecular flexibility index (Phi) is 19.0. The molecule has 0 saturated carbocycles. The van der Waals surface area contributed by atoms with Crippen molar-refractivity contribution in [2.24, 2.45) is 70.5 Å². The summed E-state index contributed by atoms with van der Waals surface area (Å²) in [6.07, 6.45) is 0. The topological polar surface area (TPSA) is 212 Å². The molecule has 0 radical (unpaired) electrons. The molecule has 22 heteroatoms. The molecule has 0 atom stereocenters. The van der Waals surface area contributed by atoms with Crippen LogP contribution in [-0.4, -0.2) is 107 Å². The Morgan fingerprint density at radius 2 is 0.239 bits per heavy atom. The number of nitrogens with zero attached hydrogens (tertiary/aromatic N) is 20. The predicted octanol–water partition coefficient (Wildman–Crippen LogP) is 11.3. The molecule has 11 rings (SSSR count). The van der Waals surface area contributed by atoms with Crippen molar-refractivity contribution in [3.8, 4) is 0 Å². The van der Waals surface area contributed by atoms with Crippen LogP contribution >= 0.6 is 0 Å². The van der Waals surface area contributed by atoms with Gasteiger partial charge in [-0.3, -0.25) is 0 Å². The number of rotatable bonds is 0. The van der Waals surface area contributed by atoms with Gasteiger partial charge in [0.1, 0.15) is 125 Å². The van der Waals surface area contributed by atoms with Gasteiger partial charge >= 0.3 is 0 Å². The maximum Gasteiger partial charge on any atom is 0.136 e. The number of carbonyl (C=O) groups excluding carboxylic acids is 2. The summed E-state index contributed by atoms with van der Waals surface area (Å²) < 4.78 is 19.6. The normalized spacial score (nSPS) is 10.7. The van der Waals surface area contributed by atoms with Gasteiger partial charge in [-0.2, -0.15) is 0 Å². The third kappa shape index (κ3) is 14.3. The number of aromatic nitrogens is 20. The van der Waals surface area contributed by atoms with Crippen LogP contribution in [0.4, 0.5) is 0 Å². The monoisotopic (exact) mass is 1180 g/mol. The van der Waals surface area contributed by atoms with Gasteiger partial charge in [-0.05, 0) is 149 Å². The van der Waals surface area contributed by atoms with Crippen molar-refractivity contribution < 1.29 is 9.59 Å². The van der Waals surface area contributed by atoms with Gasteiger partial charge in [0.05, 0.1) is 0 Å². The number of carbonyl (C=O) groups is 2. The van der Waals surface area contributed by atoms with Crippen molar-refractivity contribution in [3.05, 3.63) is 182 Å². The second-order valence-electron chi connectivity index (χ2n) is 20.9. The fraction of sp³-hybridized carbons (Fsp3) is 0.212. The summed E-state index contributed by atoms with van der Waals surface area (Å²) >= 11 is 0. The molecule has 0 fully saturated rings. The minimum absolute atomic E-state index is 0.167. The zero-order valence-electron chi connectivity index (χ0n) is 52.1. The van der Waals surface area contributed by atoms with Crippen LogP contribution in [0.3, 0.4) is 0 Å². The van der Waals surface area contributed by atoms with Gasteiger partial charge in [0.15, 0.2) is 0 Å². The second kappa shape index (κ2) is 27.3. The van der Waals surface area contributed by atoms with Crippen LogP contribution in [0.25, 0.3) is 113 Å². The lowest BCUT2D eigenvalue weighted by atomic mass is 10.4. The summed E-state index contributed by atoms with van der Waals surface area (Å²) in [5.41, 5.74) is 14.1. The molecule has 0 aliphatic heterocycles. The highest BCUT2D eigenvalue weighted by Gasteiger charge is 2.06. The standard InChI is InChI=1S/C60H60N20.2C3H6O/c1-71-41-21-11-23-43(61-41)72(2)45-25-13-27-47(63-45)74(4)49-29-15-31-51(65-49)76(6)53-33-17-35-55(67-53)78(8)57-37-19-39-59(69-57)80(10)60-40-20-38-58(70-60)79(9)56-36-18-34-54(68-56)77(7)52-32-16-30-50(66-52)75(5)48-28-14-26-46(64-48)73(3)44-24-12-22-42(71)62-44;2*1-3(2)4/h11-40H,1-10H3;2*1-2H3. The molecule has 448 valence electrons. The average molecular weight is 1180 g/mol. The molecule has 20 bridgehead atoms. The van der Waals surface area contributed by atoms with Crippen LogP contribution in [0, 0.1) is 0 Å². The smallest absolute Gasteiger partial charge is 0.136 e. The third-order valence-corrected chi connectivity index (χ3v) is 14.1. The molecule has 0 aromatic carbocycles. The SMILES string of the molecule is CC(C)=O.CC(C)=O.Cn1c2cccc(n2)n(C)c2cccc(n2)n(C)c2cccc(n2)n(C)c2cccc(n2)n(C)c2cccc(n2)n(C)c2cccc(n2)n(C)c2cccc(n2)n(C)c2cccc(n2)n(C)c2cccc(n2)n(C)c2cccc1n2. The van der Waals surface area contributed by atoms with E-state index in [0.717, 1.165) is 0 Å². The van der Waals surface area contributed by atoms with Crippen molar-refractivity contribution in [1.82, 2.24) is 95.5 Å². The zero-order chi connectivity index (χ0) is 62.8. The van der Waals surface area contributed by atoms with Crippen molar-refractivity contribution in [1.29, 1.82) is 0 Å². The van der Waals surface area contributed by atoms with E-state index >= 15 is 0 Å². The quantitative estimate of drug-likeness (QED) is 0.139. The van der Waals surface area contributed by atoms with Crippen molar-refractivity contribution in [2.45, 2.75) is 27.7 Å². The Labute approximate surface area is 507 Å². The number of hydrogen-bond donors (Lipinski definition) is 0. The molecule has 22 nitrogen and oxygen atoms in total. The van der Waals surface area contributed by atoms with Gasteiger partial charge < -0.3 is 55.3 Å². The molecular weight excluding hydrogens is 1100 g/mol. The van der Waals surface area contributed by atoms with Crippen LogP contribution in [0.2, 0.25) is 0 Å². The van der Waals surface area contributed by atoms with Crippen LogP contribution in [-0.2, 0) is 80.1 Å². The lowest BCUT2D eigenvalue weighted by Crippen LogP contribution is -2.03. The van der Waals surface area contributed by atoms with Crippen LogP contribution in [0.15, 0.2) is 182 Å². The first-order valence-electron chi connectivity index (χ1n) is 28.3. The largest absolute Gasteiger partial charge is 0.314 e. The summed E-state index contributed by atoms with van der Waals surface area (Å²) in [7, 11) is 19.6. The van der Waals surface area contributed by atoms with Crippen LogP contribution in [0.5, 0.6) is 0 Å². The van der Waals surface area contributed by atoms with Gasteiger partial charge in [0, 0.05) is 70.5 Å². The molecule has 88 heavy (non-hydrogen) atoms. The number of fused-ring (bicyclic) bond motifs is 20. The molecule has 0 aliphatic carbocycles. The Hall–Kier alpha value is -11.2. The van der Waals surface area contributed by atoms with E-state index in [1.807, 2.05) is 298 Å². The van der Waals surface area contributed by atoms with Gasteiger partial charge in [-0.25, -0.2) is 49.8 Å². The first kappa shape index (κ1) is 61.4. The Morgan fingerprint density at radius 3 is 0.295 bits per heavy atom. The molecule has 0 saturated heterocycles. The fourth-order valence-electron chi connectivity index (χ4n) is 9.03. The fourth-order valence-corrected chi connectivity index (χ4v) is 9.03. The minimum atomic E-state index is 0.167. The molecule has 0 amide bonds. The van der Waals surface area contributed by atoms with E-state index < -0.39 is 0 Å². The summed E-state index contributed by atoms with van der Waals surface area (Å²) in [5, 5.41) is 0. The van der Waals surface area contributed by atoms with E-state index in [1.165, 1.54) is 27.7 Å². The van der Waals surface area contributed by atoms with E-state index in [4.69, 9.17) is 49.8 Å². The highest BCUT2D eigenvalue weighted by molar-refractivity contribution is 5.72. The lowest BCUT2D eigenvalue weighted by Gasteiger charge is -2.08. The number of pyridine rings is 10. The molecule has 0 aliphatic rings. The summed E-state index contributed by atoms with van der Waals surface area (Å²) in [4.78, 5) is 69.8. The zero-order valence-corrected chi connectivity index (χ0v) is 52.1. The predicted molar refractivity (Wildman–Crippen MR) is 352 cm³/mol. The Morgan fingerprint density at radius 1 is 0.182 bits per heavy atom. The summed E-state index contributed by atoms with van der Waals surface area (Å²) in [5.74, 6) is 0.333. The van der Waals surface area contributed by atoms with Gasteiger partial charge in [-0.1, -0.05) is 60.7 Å². The molecule has 0 unspecified atom stereocenters. The van der Waals surface area contributed by atoms with E-state index in [0.29, 0.717) is 113 Å². The van der Waals surface area contributed by atoms with Crippen LogP contribution in [0.1, 0.15) is 27.7 Å². The molecule has 11 heterocycles. The number of Topliss-reactive ketones (excluding diaryl/α,β-unsaturated/α-hetero) is 2. The summed E-state index contributed by atoms with van der Waals surface area (Å²) in [6, 6.07) is 59.1. The third-order valence-electron chi connectivity index (χ3n) is 14.1. The molecule has 0 spiro atoms. The Balaban J connectivity index is 0.00000109. The number of ketones is 2. The highest BCUT2D eigenvalue weighted by atomic mass is 16.1. The van der Waals surface area contributed by atoms with Crippen molar-refractivity contribution in [2.75, 3.05) is 0 Å². The Bertz CT molecular complexity index is 3840. The maximum absolute atomic E-state index is 9.44. The van der Waals surface area contributed by atoms with E-state index in [1.54, 1.807) is 0 Å². The van der Waals surface area contributed by atoms with E-state index in [2.05, 4.69) is 0 Å². The summed E-state index contributed by atoms with van der Waals surface area (Å²) in [6.45, 7) is 6.11. The molecule has 0 N–H and O–H groups in total. The molecule has 11 aromatic heterocycles. The second-order valence-corrected chi connectivity index (χ2v) is 20.9. The average Bonchev–Trinajstić information content (AvgIpc) is 2.20. The first-order valence-corrected chi connectivity index (χ1v) is 28.3.